The van der Waals surface area contributed by atoms with E-state index in [1.165, 1.54) is 25.3 Å². The van der Waals surface area contributed by atoms with Gasteiger partial charge in [-0.05, 0) is 30.0 Å². The van der Waals surface area contributed by atoms with Gasteiger partial charge in [0.2, 0.25) is 0 Å². The van der Waals surface area contributed by atoms with Crippen molar-refractivity contribution in [1.82, 2.24) is 0 Å². The van der Waals surface area contributed by atoms with E-state index in [1.54, 1.807) is 6.07 Å². The third-order valence-corrected chi connectivity index (χ3v) is 2.76. The predicted octanol–water partition coefficient (Wildman–Crippen LogP) is 3.38. The molecule has 0 fully saturated rings. The van der Waals surface area contributed by atoms with E-state index in [9.17, 15) is 23.1 Å². The minimum atomic E-state index is -4.27. The number of esters is 1. The van der Waals surface area contributed by atoms with E-state index < -0.39 is 24.5 Å². The third kappa shape index (κ3) is 5.63. The fourth-order valence-electron chi connectivity index (χ4n) is 1.79. The molecule has 1 atom stereocenters. The number of carbonyl (C=O) groups is 1. The SMILES string of the molecule is COC(=O)C[C@H](CCC(F)(F)F)c1cccc(O)c1. The molecule has 0 amide bonds. The highest BCUT2D eigenvalue weighted by Gasteiger charge is 2.29. The zero-order valence-corrected chi connectivity index (χ0v) is 10.4. The summed E-state index contributed by atoms with van der Waals surface area (Å²) < 4.78 is 41.3. The van der Waals surface area contributed by atoms with Crippen molar-refractivity contribution in [2.45, 2.75) is 31.4 Å². The zero-order chi connectivity index (χ0) is 14.5. The first kappa shape index (κ1) is 15.3. The first-order valence-corrected chi connectivity index (χ1v) is 5.74. The van der Waals surface area contributed by atoms with Crippen molar-refractivity contribution in [3.8, 4) is 5.75 Å². The van der Waals surface area contributed by atoms with Gasteiger partial charge in [-0.1, -0.05) is 12.1 Å². The smallest absolute Gasteiger partial charge is 0.389 e. The van der Waals surface area contributed by atoms with Crippen molar-refractivity contribution in [3.05, 3.63) is 29.8 Å². The van der Waals surface area contributed by atoms with Gasteiger partial charge in [-0.3, -0.25) is 4.79 Å². The zero-order valence-electron chi connectivity index (χ0n) is 10.4. The second-order valence-electron chi connectivity index (χ2n) is 4.23. The fraction of sp³-hybridized carbons (Fsp3) is 0.462. The molecule has 1 aromatic carbocycles. The largest absolute Gasteiger partial charge is 0.508 e. The Balaban J connectivity index is 2.82. The highest BCUT2D eigenvalue weighted by Crippen LogP contribution is 2.32. The van der Waals surface area contributed by atoms with Crippen LogP contribution in [-0.4, -0.2) is 24.4 Å². The molecular formula is C13H15F3O3. The molecule has 1 aromatic rings. The van der Waals surface area contributed by atoms with Gasteiger partial charge in [0.25, 0.3) is 0 Å². The van der Waals surface area contributed by atoms with Crippen LogP contribution in [0.3, 0.4) is 0 Å². The number of phenols is 1. The van der Waals surface area contributed by atoms with Crippen molar-refractivity contribution in [2.24, 2.45) is 0 Å². The van der Waals surface area contributed by atoms with Crippen LogP contribution in [0, 0.1) is 0 Å². The van der Waals surface area contributed by atoms with Gasteiger partial charge in [-0.15, -0.1) is 0 Å². The molecule has 6 heteroatoms. The highest BCUT2D eigenvalue weighted by molar-refractivity contribution is 5.70. The maximum absolute atomic E-state index is 12.3. The first-order valence-electron chi connectivity index (χ1n) is 5.74. The van der Waals surface area contributed by atoms with Gasteiger partial charge >= 0.3 is 12.1 Å². The van der Waals surface area contributed by atoms with Crippen molar-refractivity contribution >= 4 is 5.97 Å². The Kier molecular flexibility index (Phi) is 5.20. The summed E-state index contributed by atoms with van der Waals surface area (Å²) in [6.07, 6.45) is -5.62. The van der Waals surface area contributed by atoms with E-state index in [-0.39, 0.29) is 18.6 Å². The van der Waals surface area contributed by atoms with Gasteiger partial charge < -0.3 is 9.84 Å². The molecule has 0 aliphatic heterocycles. The molecule has 1 N–H and O–H groups in total. The van der Waals surface area contributed by atoms with E-state index in [1.807, 2.05) is 0 Å². The number of alkyl halides is 3. The van der Waals surface area contributed by atoms with Crippen LogP contribution in [-0.2, 0) is 9.53 Å². The Morgan fingerprint density at radius 3 is 2.63 bits per heavy atom. The average molecular weight is 276 g/mol. The third-order valence-electron chi connectivity index (χ3n) is 2.76. The van der Waals surface area contributed by atoms with Crippen LogP contribution in [0.5, 0.6) is 5.75 Å². The summed E-state index contributed by atoms with van der Waals surface area (Å²) in [4.78, 5) is 11.2. The molecule has 1 rings (SSSR count). The fourth-order valence-corrected chi connectivity index (χ4v) is 1.79. The molecule has 0 radical (unpaired) electrons. The van der Waals surface area contributed by atoms with Gasteiger partial charge in [0, 0.05) is 6.42 Å². The van der Waals surface area contributed by atoms with Crippen LogP contribution < -0.4 is 0 Å². The van der Waals surface area contributed by atoms with E-state index in [2.05, 4.69) is 4.74 Å². The van der Waals surface area contributed by atoms with Crippen molar-refractivity contribution in [2.75, 3.05) is 7.11 Å². The lowest BCUT2D eigenvalue weighted by Gasteiger charge is -2.17. The Bertz CT molecular complexity index is 429. The molecule has 19 heavy (non-hydrogen) atoms. The summed E-state index contributed by atoms with van der Waals surface area (Å²) in [5, 5.41) is 9.34. The van der Waals surface area contributed by atoms with E-state index in [0.717, 1.165) is 0 Å². The van der Waals surface area contributed by atoms with Crippen molar-refractivity contribution in [3.63, 3.8) is 0 Å². The number of hydrogen-bond donors (Lipinski definition) is 1. The number of ether oxygens (including phenoxy) is 1. The lowest BCUT2D eigenvalue weighted by molar-refractivity contribution is -0.144. The molecular weight excluding hydrogens is 261 g/mol. The summed E-state index contributed by atoms with van der Waals surface area (Å²) in [6.45, 7) is 0. The Hall–Kier alpha value is -1.72. The van der Waals surface area contributed by atoms with Crippen molar-refractivity contribution in [1.29, 1.82) is 0 Å². The minimum Gasteiger partial charge on any atom is -0.508 e. The molecule has 0 aliphatic carbocycles. The summed E-state index contributed by atoms with van der Waals surface area (Å²) >= 11 is 0. The van der Waals surface area contributed by atoms with Gasteiger partial charge in [0.15, 0.2) is 0 Å². The number of benzene rings is 1. The standard InChI is InChI=1S/C13H15F3O3/c1-19-12(18)8-10(5-6-13(14,15)16)9-3-2-4-11(17)7-9/h2-4,7,10,17H,5-6,8H2,1H3/t10-/m0/s1. The predicted molar refractivity (Wildman–Crippen MR) is 62.8 cm³/mol. The summed E-state index contributed by atoms with van der Waals surface area (Å²) in [6, 6.07) is 5.90. The van der Waals surface area contributed by atoms with E-state index >= 15 is 0 Å². The quantitative estimate of drug-likeness (QED) is 0.839. The molecule has 106 valence electrons. The molecule has 0 saturated carbocycles. The Morgan fingerprint density at radius 1 is 1.42 bits per heavy atom. The molecule has 0 heterocycles. The molecule has 0 aromatic heterocycles. The highest BCUT2D eigenvalue weighted by atomic mass is 19.4. The Morgan fingerprint density at radius 2 is 2.11 bits per heavy atom. The second-order valence-corrected chi connectivity index (χ2v) is 4.23. The lowest BCUT2D eigenvalue weighted by atomic mass is 9.91. The first-order chi connectivity index (χ1) is 8.81. The number of rotatable bonds is 5. The molecule has 0 bridgehead atoms. The maximum atomic E-state index is 12.3. The normalized spacial score (nSPS) is 13.1. The molecule has 3 nitrogen and oxygen atoms in total. The van der Waals surface area contributed by atoms with E-state index in [0.29, 0.717) is 5.56 Å². The number of halogens is 3. The van der Waals surface area contributed by atoms with Gasteiger partial charge in [-0.25, -0.2) is 0 Å². The molecule has 0 spiro atoms. The summed E-state index contributed by atoms with van der Waals surface area (Å²) in [7, 11) is 1.19. The number of hydrogen-bond acceptors (Lipinski definition) is 3. The number of carbonyl (C=O) groups excluding carboxylic acids is 1. The van der Waals surface area contributed by atoms with Crippen LogP contribution >= 0.6 is 0 Å². The van der Waals surface area contributed by atoms with Gasteiger partial charge in [-0.2, -0.15) is 13.2 Å². The lowest BCUT2D eigenvalue weighted by Crippen LogP contribution is -2.13. The van der Waals surface area contributed by atoms with Crippen molar-refractivity contribution < 1.29 is 27.8 Å². The molecule has 0 unspecified atom stereocenters. The second kappa shape index (κ2) is 6.45. The van der Waals surface area contributed by atoms with Crippen LogP contribution in [0.4, 0.5) is 13.2 Å². The van der Waals surface area contributed by atoms with E-state index in [4.69, 9.17) is 0 Å². The maximum Gasteiger partial charge on any atom is 0.389 e. The van der Waals surface area contributed by atoms with Crippen LogP contribution in [0.1, 0.15) is 30.7 Å². The number of phenolic OH excluding ortho intramolecular Hbond substituents is 1. The van der Waals surface area contributed by atoms with Crippen LogP contribution in [0.25, 0.3) is 0 Å². The van der Waals surface area contributed by atoms with Crippen LogP contribution in [0.15, 0.2) is 24.3 Å². The van der Waals surface area contributed by atoms with Gasteiger partial charge in [0.05, 0.1) is 13.5 Å². The molecule has 0 saturated heterocycles. The van der Waals surface area contributed by atoms with Gasteiger partial charge in [0.1, 0.15) is 5.75 Å². The molecule has 0 aliphatic rings. The average Bonchev–Trinajstić information content (AvgIpc) is 2.33. The monoisotopic (exact) mass is 276 g/mol. The summed E-state index contributed by atoms with van der Waals surface area (Å²) in [5.41, 5.74) is 0.495. The Labute approximate surface area is 109 Å². The minimum absolute atomic E-state index is 0.0422. The number of methoxy groups -OCH3 is 1. The topological polar surface area (TPSA) is 46.5 Å². The van der Waals surface area contributed by atoms with Crippen LogP contribution in [0.2, 0.25) is 0 Å². The number of aromatic hydroxyl groups is 1. The summed E-state index contributed by atoms with van der Waals surface area (Å²) in [5.74, 6) is -1.24.